The highest BCUT2D eigenvalue weighted by molar-refractivity contribution is 6.34. The molecule has 0 aliphatic carbocycles. The van der Waals surface area contributed by atoms with E-state index in [0.717, 1.165) is 35.9 Å². The number of anilines is 2. The second kappa shape index (κ2) is 7.27. The number of piperidine rings is 1. The van der Waals surface area contributed by atoms with E-state index in [4.69, 9.17) is 11.6 Å². The van der Waals surface area contributed by atoms with Gasteiger partial charge in [0.05, 0.1) is 22.0 Å². The summed E-state index contributed by atoms with van der Waals surface area (Å²) in [4.78, 5) is 15.0. The Kier molecular flexibility index (Phi) is 5.10. The highest BCUT2D eigenvalue weighted by Crippen LogP contribution is 2.30. The van der Waals surface area contributed by atoms with Gasteiger partial charge in [0, 0.05) is 13.1 Å². The number of carbonyl (C=O) groups excluding carboxylic acids is 1. The van der Waals surface area contributed by atoms with E-state index in [0.29, 0.717) is 10.6 Å². The average Bonchev–Trinajstić information content (AvgIpc) is 2.56. The molecule has 2 aromatic carbocycles. The first-order valence-corrected chi connectivity index (χ1v) is 8.84. The van der Waals surface area contributed by atoms with Crippen LogP contribution in [-0.2, 0) is 0 Å². The fourth-order valence-electron chi connectivity index (χ4n) is 3.10. The zero-order chi connectivity index (χ0) is 17.1. The second-order valence-corrected chi connectivity index (χ2v) is 7.03. The van der Waals surface area contributed by atoms with Crippen molar-refractivity contribution >= 4 is 28.9 Å². The molecular formula is C20H23ClN2O. The van der Waals surface area contributed by atoms with Gasteiger partial charge in [-0.3, -0.25) is 4.79 Å². The number of hydrogen-bond acceptors (Lipinski definition) is 2. The van der Waals surface area contributed by atoms with Crippen LogP contribution in [0.2, 0.25) is 5.02 Å². The lowest BCUT2D eigenvalue weighted by atomic mass is 9.98. The number of rotatable bonds is 3. The van der Waals surface area contributed by atoms with Gasteiger partial charge in [0.25, 0.3) is 5.91 Å². The predicted molar refractivity (Wildman–Crippen MR) is 101 cm³/mol. The Morgan fingerprint density at radius 2 is 1.88 bits per heavy atom. The third-order valence-electron chi connectivity index (χ3n) is 4.65. The maximum Gasteiger partial charge on any atom is 0.257 e. The van der Waals surface area contributed by atoms with Gasteiger partial charge in [0.1, 0.15) is 0 Å². The topological polar surface area (TPSA) is 32.3 Å². The van der Waals surface area contributed by atoms with Crippen LogP contribution in [0.5, 0.6) is 0 Å². The molecule has 24 heavy (non-hydrogen) atoms. The molecule has 1 fully saturated rings. The minimum absolute atomic E-state index is 0.169. The lowest BCUT2D eigenvalue weighted by Gasteiger charge is -2.33. The number of benzene rings is 2. The first kappa shape index (κ1) is 16.8. The van der Waals surface area contributed by atoms with Gasteiger partial charge in [-0.1, -0.05) is 36.7 Å². The molecule has 0 saturated carbocycles. The average molecular weight is 343 g/mol. The zero-order valence-corrected chi connectivity index (χ0v) is 14.9. The van der Waals surface area contributed by atoms with Gasteiger partial charge >= 0.3 is 0 Å². The summed E-state index contributed by atoms with van der Waals surface area (Å²) in [5, 5.41) is 3.51. The van der Waals surface area contributed by atoms with Gasteiger partial charge < -0.3 is 10.2 Å². The van der Waals surface area contributed by atoms with E-state index in [1.165, 1.54) is 12.8 Å². The van der Waals surface area contributed by atoms with Crippen LogP contribution in [0.1, 0.15) is 35.7 Å². The van der Waals surface area contributed by atoms with Gasteiger partial charge in [-0.25, -0.2) is 0 Å². The first-order valence-electron chi connectivity index (χ1n) is 8.46. The van der Waals surface area contributed by atoms with Crippen LogP contribution in [0, 0.1) is 12.8 Å². The minimum Gasteiger partial charge on any atom is -0.370 e. The highest BCUT2D eigenvalue weighted by atomic mass is 35.5. The molecule has 126 valence electrons. The van der Waals surface area contributed by atoms with Gasteiger partial charge in [-0.2, -0.15) is 0 Å². The van der Waals surface area contributed by atoms with Crippen molar-refractivity contribution in [1.82, 2.24) is 0 Å². The Morgan fingerprint density at radius 3 is 2.58 bits per heavy atom. The summed E-state index contributed by atoms with van der Waals surface area (Å²) in [5.74, 6) is 0.604. The summed E-state index contributed by atoms with van der Waals surface area (Å²) in [6, 6.07) is 13.5. The Balaban J connectivity index is 1.81. The van der Waals surface area contributed by atoms with Crippen LogP contribution in [0.25, 0.3) is 0 Å². The largest absolute Gasteiger partial charge is 0.370 e. The molecule has 0 radical (unpaired) electrons. The Bertz CT molecular complexity index is 736. The number of aryl methyl sites for hydroxylation is 1. The number of hydrogen-bond donors (Lipinski definition) is 1. The SMILES string of the molecule is Cc1ccc(C(=O)Nc2ccccc2N2CCC(C)CC2)c(Cl)c1. The first-order chi connectivity index (χ1) is 11.5. The molecule has 1 heterocycles. The van der Waals surface area contributed by atoms with Gasteiger partial charge in [-0.05, 0) is 55.5 Å². The molecule has 0 spiro atoms. The third kappa shape index (κ3) is 3.73. The van der Waals surface area contributed by atoms with Crippen LogP contribution in [0.4, 0.5) is 11.4 Å². The van der Waals surface area contributed by atoms with E-state index in [2.05, 4.69) is 23.2 Å². The molecule has 0 aromatic heterocycles. The molecule has 1 saturated heterocycles. The molecule has 1 aliphatic rings. The number of carbonyl (C=O) groups is 1. The molecule has 4 heteroatoms. The van der Waals surface area contributed by atoms with E-state index in [9.17, 15) is 4.79 Å². The molecule has 0 unspecified atom stereocenters. The third-order valence-corrected chi connectivity index (χ3v) is 4.96. The molecule has 1 amide bonds. The normalized spacial score (nSPS) is 15.4. The monoisotopic (exact) mass is 342 g/mol. The van der Waals surface area contributed by atoms with Gasteiger partial charge in [0.15, 0.2) is 0 Å². The van der Waals surface area contributed by atoms with E-state index in [1.807, 2.05) is 37.3 Å². The summed E-state index contributed by atoms with van der Waals surface area (Å²) in [6.07, 6.45) is 2.37. The quantitative estimate of drug-likeness (QED) is 0.837. The summed E-state index contributed by atoms with van der Waals surface area (Å²) < 4.78 is 0. The Hall–Kier alpha value is -2.00. The van der Waals surface area contributed by atoms with Crippen LogP contribution in [0.3, 0.4) is 0 Å². The smallest absolute Gasteiger partial charge is 0.257 e. The van der Waals surface area contributed by atoms with E-state index >= 15 is 0 Å². The van der Waals surface area contributed by atoms with Gasteiger partial charge in [0.2, 0.25) is 0 Å². The van der Waals surface area contributed by atoms with E-state index < -0.39 is 0 Å². The van der Waals surface area contributed by atoms with Crippen molar-refractivity contribution in [2.75, 3.05) is 23.3 Å². The van der Waals surface area contributed by atoms with Crippen molar-refractivity contribution in [3.63, 3.8) is 0 Å². The molecule has 2 aromatic rings. The minimum atomic E-state index is -0.169. The molecule has 3 rings (SSSR count). The molecule has 1 N–H and O–H groups in total. The number of para-hydroxylation sites is 2. The summed E-state index contributed by atoms with van der Waals surface area (Å²) >= 11 is 6.22. The molecular weight excluding hydrogens is 320 g/mol. The molecule has 3 nitrogen and oxygen atoms in total. The summed E-state index contributed by atoms with van der Waals surface area (Å²) in [7, 11) is 0. The highest BCUT2D eigenvalue weighted by Gasteiger charge is 2.19. The predicted octanol–water partition coefficient (Wildman–Crippen LogP) is 5.14. The van der Waals surface area contributed by atoms with Crippen molar-refractivity contribution in [2.45, 2.75) is 26.7 Å². The van der Waals surface area contributed by atoms with Crippen molar-refractivity contribution in [3.8, 4) is 0 Å². The Labute approximate surface area is 148 Å². The maximum absolute atomic E-state index is 12.6. The van der Waals surface area contributed by atoms with Crippen molar-refractivity contribution in [3.05, 3.63) is 58.6 Å². The lowest BCUT2D eigenvalue weighted by molar-refractivity contribution is 0.102. The van der Waals surface area contributed by atoms with Crippen molar-refractivity contribution in [2.24, 2.45) is 5.92 Å². The summed E-state index contributed by atoms with van der Waals surface area (Å²) in [6.45, 7) is 6.31. The molecule has 1 aliphatic heterocycles. The number of halogens is 1. The van der Waals surface area contributed by atoms with Crippen LogP contribution < -0.4 is 10.2 Å². The van der Waals surface area contributed by atoms with Crippen LogP contribution in [-0.4, -0.2) is 19.0 Å². The van der Waals surface area contributed by atoms with Crippen molar-refractivity contribution in [1.29, 1.82) is 0 Å². The van der Waals surface area contributed by atoms with E-state index in [1.54, 1.807) is 6.07 Å². The molecule has 0 atom stereocenters. The second-order valence-electron chi connectivity index (χ2n) is 6.62. The van der Waals surface area contributed by atoms with Crippen LogP contribution >= 0.6 is 11.6 Å². The lowest BCUT2D eigenvalue weighted by Crippen LogP contribution is -2.33. The zero-order valence-electron chi connectivity index (χ0n) is 14.2. The summed E-state index contributed by atoms with van der Waals surface area (Å²) in [5.41, 5.74) is 3.47. The maximum atomic E-state index is 12.6. The fourth-order valence-corrected chi connectivity index (χ4v) is 3.42. The Morgan fingerprint density at radius 1 is 1.17 bits per heavy atom. The van der Waals surface area contributed by atoms with E-state index in [-0.39, 0.29) is 5.91 Å². The number of amides is 1. The van der Waals surface area contributed by atoms with Crippen molar-refractivity contribution < 1.29 is 4.79 Å². The van der Waals surface area contributed by atoms with Gasteiger partial charge in [-0.15, -0.1) is 0 Å². The standard InChI is InChI=1S/C20H23ClN2O/c1-14-9-11-23(12-10-14)19-6-4-3-5-18(19)22-20(24)16-8-7-15(2)13-17(16)21/h3-8,13-14H,9-12H2,1-2H3,(H,22,24). The molecule has 0 bridgehead atoms. The number of nitrogens with one attached hydrogen (secondary N) is 1. The van der Waals surface area contributed by atoms with Crippen LogP contribution in [0.15, 0.2) is 42.5 Å². The fraction of sp³-hybridized carbons (Fsp3) is 0.350. The number of nitrogens with zero attached hydrogens (tertiary/aromatic N) is 1.